The summed E-state index contributed by atoms with van der Waals surface area (Å²) in [4.78, 5) is 13.3. The number of nitrogens with zero attached hydrogens (tertiary/aromatic N) is 1. The molecule has 1 aromatic rings. The lowest BCUT2D eigenvalue weighted by molar-refractivity contribution is -0.116. The largest absolute Gasteiger partial charge is 0.330 e. The van der Waals surface area contributed by atoms with E-state index in [-0.39, 0.29) is 5.91 Å². The summed E-state index contributed by atoms with van der Waals surface area (Å²) in [6, 6.07) is 2.29. The molecule has 0 radical (unpaired) electrons. The van der Waals surface area contributed by atoms with Gasteiger partial charge in [0.1, 0.15) is 11.1 Å². The maximum absolute atomic E-state index is 12.0. The Hall–Kier alpha value is -1.38. The average Bonchev–Trinajstić information content (AvgIpc) is 2.64. The fourth-order valence-corrected chi connectivity index (χ4v) is 4.00. The number of nitrogens with one attached hydrogen (secondary N) is 1. The van der Waals surface area contributed by atoms with Gasteiger partial charge in [0.2, 0.25) is 5.91 Å². The van der Waals surface area contributed by atoms with Crippen LogP contribution in [0.4, 0.5) is 5.00 Å². The Morgan fingerprint density at radius 1 is 1.24 bits per heavy atom. The van der Waals surface area contributed by atoms with Crippen molar-refractivity contribution in [3.63, 3.8) is 0 Å². The zero-order valence-corrected chi connectivity index (χ0v) is 13.2. The Kier molecular flexibility index (Phi) is 6.21. The van der Waals surface area contributed by atoms with E-state index in [9.17, 15) is 10.1 Å². The molecule has 0 aliphatic heterocycles. The summed E-state index contributed by atoms with van der Waals surface area (Å²) in [6.45, 7) is 0.678. The van der Waals surface area contributed by atoms with E-state index in [0.717, 1.165) is 43.5 Å². The first-order valence-corrected chi connectivity index (χ1v) is 8.62. The van der Waals surface area contributed by atoms with Gasteiger partial charge in [-0.3, -0.25) is 4.79 Å². The Labute approximate surface area is 130 Å². The van der Waals surface area contributed by atoms with Gasteiger partial charge < -0.3 is 11.1 Å². The molecule has 0 bridgehead atoms. The lowest BCUT2D eigenvalue weighted by Gasteiger charge is -2.04. The number of fused-ring (bicyclic) bond motifs is 1. The van der Waals surface area contributed by atoms with Crippen LogP contribution in [0.25, 0.3) is 0 Å². The fourth-order valence-electron chi connectivity index (χ4n) is 2.74. The molecule has 0 fully saturated rings. The molecule has 3 N–H and O–H groups in total. The van der Waals surface area contributed by atoms with Crippen LogP contribution in [-0.2, 0) is 17.6 Å². The maximum Gasteiger partial charge on any atom is 0.225 e. The molecule has 1 heterocycles. The van der Waals surface area contributed by atoms with Crippen molar-refractivity contribution in [3.05, 3.63) is 16.0 Å². The molecule has 1 aromatic heterocycles. The second-order valence-corrected chi connectivity index (χ2v) is 6.63. The van der Waals surface area contributed by atoms with Crippen molar-refractivity contribution in [3.8, 4) is 6.07 Å². The van der Waals surface area contributed by atoms with Gasteiger partial charge in [0.05, 0.1) is 5.56 Å². The standard InChI is InChI=1S/C16H23N3OS/c17-10-6-2-5-9-15(20)19-16-13(11-18)12-7-3-1-4-8-14(12)21-16/h1-10,17H2,(H,19,20). The van der Waals surface area contributed by atoms with Crippen LogP contribution in [0.5, 0.6) is 0 Å². The molecule has 21 heavy (non-hydrogen) atoms. The van der Waals surface area contributed by atoms with Gasteiger partial charge in [-0.1, -0.05) is 12.8 Å². The summed E-state index contributed by atoms with van der Waals surface area (Å²) in [5, 5.41) is 13.1. The summed E-state index contributed by atoms with van der Waals surface area (Å²) in [5.41, 5.74) is 7.32. The summed E-state index contributed by atoms with van der Waals surface area (Å²) < 4.78 is 0. The third-order valence-electron chi connectivity index (χ3n) is 3.89. The van der Waals surface area contributed by atoms with E-state index in [2.05, 4.69) is 11.4 Å². The van der Waals surface area contributed by atoms with E-state index in [1.54, 1.807) is 11.3 Å². The molecule has 1 amide bonds. The smallest absolute Gasteiger partial charge is 0.225 e. The number of hydrogen-bond acceptors (Lipinski definition) is 4. The van der Waals surface area contributed by atoms with Crippen LogP contribution in [-0.4, -0.2) is 12.5 Å². The van der Waals surface area contributed by atoms with Crippen LogP contribution in [0.1, 0.15) is 60.9 Å². The first kappa shape index (κ1) is 16.0. The highest BCUT2D eigenvalue weighted by Crippen LogP contribution is 2.37. The van der Waals surface area contributed by atoms with E-state index in [0.29, 0.717) is 18.5 Å². The lowest BCUT2D eigenvalue weighted by atomic mass is 10.1. The molecule has 0 atom stereocenters. The third kappa shape index (κ3) is 4.29. The number of nitrogens with two attached hydrogens (primary N) is 1. The van der Waals surface area contributed by atoms with Crippen molar-refractivity contribution < 1.29 is 4.79 Å². The van der Waals surface area contributed by atoms with E-state index in [4.69, 9.17) is 5.73 Å². The van der Waals surface area contributed by atoms with Gasteiger partial charge in [-0.2, -0.15) is 5.26 Å². The summed E-state index contributed by atoms with van der Waals surface area (Å²) >= 11 is 1.60. The van der Waals surface area contributed by atoms with Gasteiger partial charge in [0, 0.05) is 11.3 Å². The highest BCUT2D eigenvalue weighted by molar-refractivity contribution is 7.16. The number of rotatable bonds is 6. The number of anilines is 1. The van der Waals surface area contributed by atoms with Crippen molar-refractivity contribution in [2.24, 2.45) is 5.73 Å². The summed E-state index contributed by atoms with van der Waals surface area (Å²) in [7, 11) is 0. The van der Waals surface area contributed by atoms with Crippen LogP contribution < -0.4 is 11.1 Å². The highest BCUT2D eigenvalue weighted by atomic mass is 32.1. The van der Waals surface area contributed by atoms with Gasteiger partial charge in [-0.05, 0) is 50.6 Å². The maximum atomic E-state index is 12.0. The van der Waals surface area contributed by atoms with Crippen LogP contribution in [0.2, 0.25) is 0 Å². The molecular formula is C16H23N3OS. The molecule has 5 heteroatoms. The number of nitriles is 1. The van der Waals surface area contributed by atoms with Crippen molar-refractivity contribution in [1.82, 2.24) is 0 Å². The van der Waals surface area contributed by atoms with Crippen LogP contribution >= 0.6 is 11.3 Å². The van der Waals surface area contributed by atoms with Crippen molar-refractivity contribution in [2.45, 2.75) is 57.8 Å². The van der Waals surface area contributed by atoms with Crippen LogP contribution in [0.3, 0.4) is 0 Å². The molecule has 2 rings (SSSR count). The summed E-state index contributed by atoms with van der Waals surface area (Å²) in [6.07, 6.45) is 8.89. The van der Waals surface area contributed by atoms with Crippen molar-refractivity contribution >= 4 is 22.2 Å². The number of carbonyl (C=O) groups excluding carboxylic acids is 1. The van der Waals surface area contributed by atoms with E-state index < -0.39 is 0 Å². The number of unbranched alkanes of at least 4 members (excludes halogenated alkanes) is 2. The molecule has 0 saturated carbocycles. The number of thiophene rings is 1. The Balaban J connectivity index is 2.00. The van der Waals surface area contributed by atoms with Gasteiger partial charge in [0.15, 0.2) is 0 Å². The number of aryl methyl sites for hydroxylation is 1. The SMILES string of the molecule is N#Cc1c(NC(=O)CCCCCN)sc2c1CCCCC2. The minimum absolute atomic E-state index is 0.0138. The first-order chi connectivity index (χ1) is 10.3. The fraction of sp³-hybridized carbons (Fsp3) is 0.625. The second-order valence-electron chi connectivity index (χ2n) is 5.53. The first-order valence-electron chi connectivity index (χ1n) is 7.80. The Morgan fingerprint density at radius 2 is 2.05 bits per heavy atom. The third-order valence-corrected chi connectivity index (χ3v) is 5.10. The zero-order valence-electron chi connectivity index (χ0n) is 12.4. The van der Waals surface area contributed by atoms with Gasteiger partial charge in [0.25, 0.3) is 0 Å². The second kappa shape index (κ2) is 8.16. The zero-order chi connectivity index (χ0) is 15.1. The highest BCUT2D eigenvalue weighted by Gasteiger charge is 2.20. The molecule has 0 aromatic carbocycles. The minimum atomic E-state index is 0.0138. The van der Waals surface area contributed by atoms with Gasteiger partial charge in [-0.15, -0.1) is 11.3 Å². The Bertz CT molecular complexity index is 530. The predicted molar refractivity (Wildman–Crippen MR) is 86.4 cm³/mol. The van der Waals surface area contributed by atoms with Crippen LogP contribution in [0, 0.1) is 11.3 Å². The molecule has 1 aliphatic carbocycles. The minimum Gasteiger partial charge on any atom is -0.330 e. The van der Waals surface area contributed by atoms with Crippen molar-refractivity contribution in [2.75, 3.05) is 11.9 Å². The van der Waals surface area contributed by atoms with Crippen molar-refractivity contribution in [1.29, 1.82) is 5.26 Å². The van der Waals surface area contributed by atoms with E-state index in [1.165, 1.54) is 23.3 Å². The molecule has 1 aliphatic rings. The molecule has 0 spiro atoms. The van der Waals surface area contributed by atoms with Crippen LogP contribution in [0.15, 0.2) is 0 Å². The average molecular weight is 305 g/mol. The Morgan fingerprint density at radius 3 is 2.81 bits per heavy atom. The molecule has 114 valence electrons. The molecular weight excluding hydrogens is 282 g/mol. The number of carbonyl (C=O) groups is 1. The lowest BCUT2D eigenvalue weighted by Crippen LogP contribution is -2.11. The van der Waals surface area contributed by atoms with Gasteiger partial charge >= 0.3 is 0 Å². The molecule has 0 unspecified atom stereocenters. The van der Waals surface area contributed by atoms with E-state index in [1.807, 2.05) is 0 Å². The summed E-state index contributed by atoms with van der Waals surface area (Å²) in [5.74, 6) is 0.0138. The number of amides is 1. The van der Waals surface area contributed by atoms with E-state index >= 15 is 0 Å². The normalized spacial score (nSPS) is 14.1. The monoisotopic (exact) mass is 305 g/mol. The predicted octanol–water partition coefficient (Wildman–Crippen LogP) is 3.35. The molecule has 0 saturated heterocycles. The quantitative estimate of drug-likeness (QED) is 0.625. The molecule has 4 nitrogen and oxygen atoms in total. The number of hydrogen-bond donors (Lipinski definition) is 2. The topological polar surface area (TPSA) is 78.9 Å². The van der Waals surface area contributed by atoms with Gasteiger partial charge in [-0.25, -0.2) is 0 Å².